The van der Waals surface area contributed by atoms with E-state index in [0.29, 0.717) is 16.1 Å². The lowest BCUT2D eigenvalue weighted by atomic mass is 10.2. The minimum Gasteiger partial charge on any atom is -0.471 e. The number of carbonyl (C=O) groups is 1. The van der Waals surface area contributed by atoms with Gasteiger partial charge in [0.2, 0.25) is 0 Å². The number of amides is 1. The molecule has 3 aromatic rings. The highest BCUT2D eigenvalue weighted by atomic mass is 19.3. The summed E-state index contributed by atoms with van der Waals surface area (Å²) in [4.78, 5) is 12.1. The van der Waals surface area contributed by atoms with Crippen LogP contribution in [0.25, 0.3) is 0 Å². The van der Waals surface area contributed by atoms with E-state index in [0.717, 1.165) is 12.6 Å². The molecule has 0 bridgehead atoms. The Balaban J connectivity index is 1.58. The van der Waals surface area contributed by atoms with Crippen LogP contribution in [0.15, 0.2) is 48.9 Å². The number of anilines is 1. The van der Waals surface area contributed by atoms with Gasteiger partial charge in [-0.3, -0.25) is 4.79 Å². The molecule has 0 atom stereocenters. The number of alkyl halides is 2. The van der Waals surface area contributed by atoms with E-state index >= 15 is 0 Å². The van der Waals surface area contributed by atoms with Gasteiger partial charge in [0.1, 0.15) is 11.4 Å². The third-order valence-corrected chi connectivity index (χ3v) is 3.67. The van der Waals surface area contributed by atoms with Gasteiger partial charge >= 0.3 is 6.55 Å². The fraction of sp³-hybridized carbons (Fsp3) is 0.235. The van der Waals surface area contributed by atoms with Crippen molar-refractivity contribution in [2.75, 3.05) is 5.32 Å². The second-order valence-electron chi connectivity index (χ2n) is 5.43. The van der Waals surface area contributed by atoms with Crippen LogP contribution in [-0.2, 0) is 13.2 Å². The topological polar surface area (TPSA) is 74.0 Å². The molecule has 9 heteroatoms. The summed E-state index contributed by atoms with van der Waals surface area (Å²) in [6.07, 6.45) is 5.04. The van der Waals surface area contributed by atoms with Crippen molar-refractivity contribution < 1.29 is 18.3 Å². The van der Waals surface area contributed by atoms with Crippen molar-refractivity contribution >= 4 is 11.6 Å². The number of hydrogen-bond donors (Lipinski definition) is 1. The van der Waals surface area contributed by atoms with Crippen molar-refractivity contribution in [2.24, 2.45) is 0 Å². The molecule has 2 heterocycles. The van der Waals surface area contributed by atoms with Crippen LogP contribution in [0.4, 0.5) is 14.5 Å². The highest BCUT2D eigenvalue weighted by Gasteiger charge is 2.18. The first-order chi connectivity index (χ1) is 12.6. The quantitative estimate of drug-likeness (QED) is 0.701. The smallest absolute Gasteiger partial charge is 0.333 e. The molecule has 1 N–H and O–H groups in total. The largest absolute Gasteiger partial charge is 0.471 e. The number of rotatable bonds is 7. The molecule has 0 radical (unpaired) electrons. The van der Waals surface area contributed by atoms with Gasteiger partial charge in [0.15, 0.2) is 6.73 Å². The molecule has 0 aliphatic rings. The number of nitrogens with one attached hydrogen (secondary N) is 1. The number of hydrogen-bond acceptors (Lipinski definition) is 4. The second kappa shape index (κ2) is 7.77. The normalized spacial score (nSPS) is 10.9. The van der Waals surface area contributed by atoms with Gasteiger partial charge in [-0.25, -0.2) is 4.68 Å². The molecule has 0 fully saturated rings. The summed E-state index contributed by atoms with van der Waals surface area (Å²) in [5, 5.41) is 9.99. The highest BCUT2D eigenvalue weighted by molar-refractivity contribution is 6.02. The van der Waals surface area contributed by atoms with E-state index in [9.17, 15) is 13.6 Å². The van der Waals surface area contributed by atoms with Crippen molar-refractivity contribution in [3.63, 3.8) is 0 Å². The average molecular weight is 361 g/mol. The molecule has 1 amide bonds. The predicted molar refractivity (Wildman–Crippen MR) is 90.1 cm³/mol. The third-order valence-electron chi connectivity index (χ3n) is 3.67. The maximum Gasteiger partial charge on any atom is 0.333 e. The first-order valence-corrected chi connectivity index (χ1v) is 7.94. The SMILES string of the molecule is CCc1ccc(OCn2cc(NC(=O)c3ccnn3C(F)F)cn2)cc1. The summed E-state index contributed by atoms with van der Waals surface area (Å²) in [6, 6.07) is 8.93. The van der Waals surface area contributed by atoms with Gasteiger partial charge in [0, 0.05) is 6.20 Å². The van der Waals surface area contributed by atoms with Crippen LogP contribution >= 0.6 is 0 Å². The molecule has 0 saturated carbocycles. The fourth-order valence-electron chi connectivity index (χ4n) is 2.31. The summed E-state index contributed by atoms with van der Waals surface area (Å²) < 4.78 is 33.0. The lowest BCUT2D eigenvalue weighted by Gasteiger charge is -2.07. The van der Waals surface area contributed by atoms with Gasteiger partial charge < -0.3 is 10.1 Å². The molecule has 0 unspecified atom stereocenters. The monoisotopic (exact) mass is 361 g/mol. The predicted octanol–water partition coefficient (Wildman–Crippen LogP) is 3.33. The van der Waals surface area contributed by atoms with Crippen LogP contribution in [0.3, 0.4) is 0 Å². The summed E-state index contributed by atoms with van der Waals surface area (Å²) in [7, 11) is 0. The van der Waals surface area contributed by atoms with Crippen LogP contribution in [0.1, 0.15) is 29.5 Å². The first-order valence-electron chi connectivity index (χ1n) is 7.94. The molecule has 3 rings (SSSR count). The van der Waals surface area contributed by atoms with Gasteiger partial charge in [-0.2, -0.15) is 23.7 Å². The Hall–Kier alpha value is -3.23. The maximum atomic E-state index is 12.8. The van der Waals surface area contributed by atoms with Crippen LogP contribution in [0, 0.1) is 0 Å². The van der Waals surface area contributed by atoms with Crippen molar-refractivity contribution in [2.45, 2.75) is 26.6 Å². The zero-order chi connectivity index (χ0) is 18.5. The average Bonchev–Trinajstić information content (AvgIpc) is 3.30. The minimum atomic E-state index is -2.89. The molecular formula is C17H17F2N5O2. The molecular weight excluding hydrogens is 344 g/mol. The summed E-state index contributed by atoms with van der Waals surface area (Å²) >= 11 is 0. The number of halogens is 2. The van der Waals surface area contributed by atoms with Crippen molar-refractivity contribution in [3.8, 4) is 5.75 Å². The van der Waals surface area contributed by atoms with Gasteiger partial charge in [0.05, 0.1) is 18.1 Å². The van der Waals surface area contributed by atoms with E-state index in [2.05, 4.69) is 22.4 Å². The molecule has 1 aromatic carbocycles. The van der Waals surface area contributed by atoms with E-state index in [1.165, 1.54) is 22.5 Å². The molecule has 7 nitrogen and oxygen atoms in total. The number of aryl methyl sites for hydroxylation is 1. The number of ether oxygens (including phenoxy) is 1. The van der Waals surface area contributed by atoms with Crippen molar-refractivity contribution in [3.05, 3.63) is 60.2 Å². The Morgan fingerprint density at radius 3 is 2.69 bits per heavy atom. The Morgan fingerprint density at radius 1 is 1.23 bits per heavy atom. The Labute approximate surface area is 148 Å². The zero-order valence-electron chi connectivity index (χ0n) is 14.0. The van der Waals surface area contributed by atoms with E-state index in [1.54, 1.807) is 6.20 Å². The van der Waals surface area contributed by atoms with Gasteiger partial charge in [-0.1, -0.05) is 19.1 Å². The van der Waals surface area contributed by atoms with E-state index in [4.69, 9.17) is 4.74 Å². The molecule has 0 aliphatic carbocycles. The number of benzene rings is 1. The Bertz CT molecular complexity index is 873. The Kier molecular flexibility index (Phi) is 5.26. The van der Waals surface area contributed by atoms with E-state index in [1.807, 2.05) is 24.3 Å². The van der Waals surface area contributed by atoms with Crippen molar-refractivity contribution in [1.29, 1.82) is 0 Å². The van der Waals surface area contributed by atoms with Gasteiger partial charge in [-0.05, 0) is 30.2 Å². The molecule has 2 aromatic heterocycles. The molecule has 26 heavy (non-hydrogen) atoms. The number of aromatic nitrogens is 4. The minimum absolute atomic E-state index is 0.149. The standard InChI is InChI=1S/C17H17F2N5O2/c1-2-12-3-5-14(6-4-12)26-11-23-10-13(9-21-23)22-16(25)15-7-8-20-24(15)17(18)19/h3-10,17H,2,11H2,1H3,(H,22,25). The number of carbonyl (C=O) groups excluding carboxylic acids is 1. The van der Waals surface area contributed by atoms with E-state index in [-0.39, 0.29) is 12.4 Å². The third kappa shape index (κ3) is 4.05. The zero-order valence-corrected chi connectivity index (χ0v) is 14.0. The molecule has 0 aliphatic heterocycles. The molecule has 0 saturated heterocycles. The second-order valence-corrected chi connectivity index (χ2v) is 5.43. The first kappa shape index (κ1) is 17.6. The lowest BCUT2D eigenvalue weighted by Crippen LogP contribution is -2.18. The maximum absolute atomic E-state index is 12.8. The van der Waals surface area contributed by atoms with Gasteiger partial charge in [-0.15, -0.1) is 0 Å². The lowest BCUT2D eigenvalue weighted by molar-refractivity contribution is 0.0520. The highest BCUT2D eigenvalue weighted by Crippen LogP contribution is 2.15. The van der Waals surface area contributed by atoms with Gasteiger partial charge in [0.25, 0.3) is 5.91 Å². The fourth-order valence-corrected chi connectivity index (χ4v) is 2.31. The van der Waals surface area contributed by atoms with Crippen LogP contribution in [-0.4, -0.2) is 25.5 Å². The molecule has 0 spiro atoms. The van der Waals surface area contributed by atoms with Crippen LogP contribution in [0.2, 0.25) is 0 Å². The summed E-state index contributed by atoms with van der Waals surface area (Å²) in [6.45, 7) is -0.666. The summed E-state index contributed by atoms with van der Waals surface area (Å²) in [5.74, 6) is 0.00236. The number of nitrogens with zero attached hydrogens (tertiary/aromatic N) is 4. The van der Waals surface area contributed by atoms with Crippen LogP contribution < -0.4 is 10.1 Å². The van der Waals surface area contributed by atoms with Crippen molar-refractivity contribution in [1.82, 2.24) is 19.6 Å². The Morgan fingerprint density at radius 2 is 2.00 bits per heavy atom. The molecule has 136 valence electrons. The summed E-state index contributed by atoms with van der Waals surface area (Å²) in [5.41, 5.74) is 1.34. The van der Waals surface area contributed by atoms with E-state index < -0.39 is 12.5 Å². The van der Waals surface area contributed by atoms with Crippen LogP contribution in [0.5, 0.6) is 5.75 Å².